The van der Waals surface area contributed by atoms with Crippen molar-refractivity contribution in [2.75, 3.05) is 19.7 Å². The lowest BCUT2D eigenvalue weighted by Crippen LogP contribution is -2.36. The third-order valence-electron chi connectivity index (χ3n) is 2.08. The number of carbonyl (C=O) groups excluding carboxylic acids is 2. The Hall–Kier alpha value is -1.10. The van der Waals surface area contributed by atoms with E-state index in [-0.39, 0.29) is 24.3 Å². The Morgan fingerprint density at radius 1 is 1.12 bits per heavy atom. The van der Waals surface area contributed by atoms with Crippen LogP contribution in [0.1, 0.15) is 33.1 Å². The zero-order valence-corrected chi connectivity index (χ0v) is 10.1. The van der Waals surface area contributed by atoms with Crippen LogP contribution in [-0.4, -0.2) is 36.6 Å². The van der Waals surface area contributed by atoms with Crippen LogP contribution >= 0.6 is 0 Å². The van der Waals surface area contributed by atoms with E-state index in [4.69, 9.17) is 5.11 Å². The van der Waals surface area contributed by atoms with Crippen LogP contribution in [0, 0.1) is 5.92 Å². The monoisotopic (exact) mass is 230 g/mol. The topological polar surface area (TPSA) is 78.4 Å². The third kappa shape index (κ3) is 8.23. The molecule has 0 radical (unpaired) electrons. The van der Waals surface area contributed by atoms with E-state index in [1.54, 1.807) is 0 Å². The van der Waals surface area contributed by atoms with Gasteiger partial charge in [-0.3, -0.25) is 9.59 Å². The fraction of sp³-hybridized carbons (Fsp3) is 0.818. The van der Waals surface area contributed by atoms with E-state index >= 15 is 0 Å². The van der Waals surface area contributed by atoms with Crippen LogP contribution in [0.4, 0.5) is 0 Å². The van der Waals surface area contributed by atoms with Crippen molar-refractivity contribution in [3.8, 4) is 0 Å². The van der Waals surface area contributed by atoms with Crippen molar-refractivity contribution in [2.24, 2.45) is 5.92 Å². The van der Waals surface area contributed by atoms with Crippen LogP contribution in [0.3, 0.4) is 0 Å². The van der Waals surface area contributed by atoms with Crippen LogP contribution in [0.2, 0.25) is 0 Å². The van der Waals surface area contributed by atoms with E-state index in [1.165, 1.54) is 0 Å². The summed E-state index contributed by atoms with van der Waals surface area (Å²) in [5, 5.41) is 13.9. The van der Waals surface area contributed by atoms with Gasteiger partial charge in [-0.1, -0.05) is 13.8 Å². The van der Waals surface area contributed by atoms with Crippen molar-refractivity contribution in [1.82, 2.24) is 10.6 Å². The summed E-state index contributed by atoms with van der Waals surface area (Å²) in [7, 11) is 0. The van der Waals surface area contributed by atoms with E-state index in [0.717, 1.165) is 0 Å². The highest BCUT2D eigenvalue weighted by Gasteiger charge is 2.05. The van der Waals surface area contributed by atoms with Gasteiger partial charge in [-0.25, -0.2) is 0 Å². The van der Waals surface area contributed by atoms with Gasteiger partial charge < -0.3 is 15.7 Å². The number of nitrogens with one attached hydrogen (secondary N) is 2. The van der Waals surface area contributed by atoms with E-state index in [2.05, 4.69) is 10.6 Å². The summed E-state index contributed by atoms with van der Waals surface area (Å²) < 4.78 is 0. The number of hydrogen-bond acceptors (Lipinski definition) is 3. The van der Waals surface area contributed by atoms with Crippen LogP contribution in [-0.2, 0) is 9.59 Å². The molecule has 0 heterocycles. The second-order valence-corrected chi connectivity index (χ2v) is 3.98. The predicted molar refractivity (Wildman–Crippen MR) is 61.8 cm³/mol. The Balaban J connectivity index is 3.37. The predicted octanol–water partition coefficient (Wildman–Crippen LogP) is 0.0374. The van der Waals surface area contributed by atoms with Gasteiger partial charge in [0.2, 0.25) is 11.8 Å². The molecule has 0 spiro atoms. The SMILES string of the molecule is CC(C)C(=O)NCCNC(=O)CCCCO. The molecule has 0 saturated carbocycles. The van der Waals surface area contributed by atoms with E-state index < -0.39 is 0 Å². The summed E-state index contributed by atoms with van der Waals surface area (Å²) in [6, 6.07) is 0. The van der Waals surface area contributed by atoms with Crippen molar-refractivity contribution in [2.45, 2.75) is 33.1 Å². The highest BCUT2D eigenvalue weighted by Crippen LogP contribution is 1.93. The maximum Gasteiger partial charge on any atom is 0.222 e. The molecule has 94 valence electrons. The number of hydrogen-bond donors (Lipinski definition) is 3. The van der Waals surface area contributed by atoms with Gasteiger partial charge in [0.1, 0.15) is 0 Å². The lowest BCUT2D eigenvalue weighted by Gasteiger charge is -2.08. The molecule has 0 aliphatic heterocycles. The summed E-state index contributed by atoms with van der Waals surface area (Å²) >= 11 is 0. The molecule has 5 nitrogen and oxygen atoms in total. The summed E-state index contributed by atoms with van der Waals surface area (Å²) in [5.41, 5.74) is 0. The van der Waals surface area contributed by atoms with Crippen molar-refractivity contribution >= 4 is 11.8 Å². The number of aliphatic hydroxyl groups excluding tert-OH is 1. The second kappa shape index (κ2) is 9.15. The molecule has 0 aliphatic rings. The molecular weight excluding hydrogens is 208 g/mol. The minimum absolute atomic E-state index is 0.00507. The molecule has 0 unspecified atom stereocenters. The Morgan fingerprint density at radius 3 is 2.31 bits per heavy atom. The van der Waals surface area contributed by atoms with Crippen molar-refractivity contribution in [3.63, 3.8) is 0 Å². The van der Waals surface area contributed by atoms with Crippen molar-refractivity contribution in [3.05, 3.63) is 0 Å². The zero-order chi connectivity index (χ0) is 12.4. The van der Waals surface area contributed by atoms with E-state index in [0.29, 0.717) is 32.4 Å². The third-order valence-corrected chi connectivity index (χ3v) is 2.08. The highest BCUT2D eigenvalue weighted by atomic mass is 16.3. The van der Waals surface area contributed by atoms with Crippen LogP contribution < -0.4 is 10.6 Å². The second-order valence-electron chi connectivity index (χ2n) is 3.98. The van der Waals surface area contributed by atoms with Crippen LogP contribution in [0.5, 0.6) is 0 Å². The van der Waals surface area contributed by atoms with Gasteiger partial charge in [0.05, 0.1) is 0 Å². The zero-order valence-electron chi connectivity index (χ0n) is 10.1. The Bertz CT molecular complexity index is 217. The van der Waals surface area contributed by atoms with E-state index in [9.17, 15) is 9.59 Å². The average Bonchev–Trinajstić information content (AvgIpc) is 2.24. The van der Waals surface area contributed by atoms with Gasteiger partial charge in [0, 0.05) is 32.0 Å². The van der Waals surface area contributed by atoms with E-state index in [1.807, 2.05) is 13.8 Å². The molecule has 0 saturated heterocycles. The fourth-order valence-electron chi connectivity index (χ4n) is 1.08. The summed E-state index contributed by atoms with van der Waals surface area (Å²) in [5.74, 6) is -0.0676. The molecular formula is C11H22N2O3. The molecule has 2 amide bonds. The first kappa shape index (κ1) is 14.9. The Kier molecular flexibility index (Phi) is 8.52. The normalized spacial score (nSPS) is 10.2. The first-order valence-electron chi connectivity index (χ1n) is 5.73. The molecule has 0 bridgehead atoms. The van der Waals surface area contributed by atoms with Gasteiger partial charge in [-0.2, -0.15) is 0 Å². The summed E-state index contributed by atoms with van der Waals surface area (Å²) in [6.07, 6.45) is 1.77. The van der Waals surface area contributed by atoms with Crippen LogP contribution in [0.25, 0.3) is 0 Å². The summed E-state index contributed by atoms with van der Waals surface area (Å²) in [6.45, 7) is 4.68. The Labute approximate surface area is 96.6 Å². The van der Waals surface area contributed by atoms with Gasteiger partial charge in [-0.15, -0.1) is 0 Å². The first-order chi connectivity index (χ1) is 7.57. The largest absolute Gasteiger partial charge is 0.396 e. The number of unbranched alkanes of at least 4 members (excludes halogenated alkanes) is 1. The van der Waals surface area contributed by atoms with Crippen molar-refractivity contribution < 1.29 is 14.7 Å². The molecule has 5 heteroatoms. The fourth-order valence-corrected chi connectivity index (χ4v) is 1.08. The smallest absolute Gasteiger partial charge is 0.222 e. The highest BCUT2D eigenvalue weighted by molar-refractivity contribution is 5.78. The number of carbonyl (C=O) groups is 2. The molecule has 3 N–H and O–H groups in total. The minimum Gasteiger partial charge on any atom is -0.396 e. The lowest BCUT2D eigenvalue weighted by atomic mass is 10.2. The minimum atomic E-state index is -0.0350. The maximum absolute atomic E-state index is 11.2. The maximum atomic E-state index is 11.2. The van der Waals surface area contributed by atoms with Gasteiger partial charge >= 0.3 is 0 Å². The van der Waals surface area contributed by atoms with Gasteiger partial charge in [0.15, 0.2) is 0 Å². The van der Waals surface area contributed by atoms with Crippen LogP contribution in [0.15, 0.2) is 0 Å². The molecule has 0 fully saturated rings. The molecule has 0 aromatic carbocycles. The molecule has 0 aliphatic carbocycles. The number of amides is 2. The molecule has 0 atom stereocenters. The molecule has 0 aromatic rings. The van der Waals surface area contributed by atoms with Crippen molar-refractivity contribution in [1.29, 1.82) is 0 Å². The number of aliphatic hydroxyl groups is 1. The number of rotatable bonds is 8. The molecule has 0 aromatic heterocycles. The summed E-state index contributed by atoms with van der Waals surface area (Å²) in [4.78, 5) is 22.3. The standard InChI is InChI=1S/C11H22N2O3/c1-9(2)11(16)13-7-6-12-10(15)5-3-4-8-14/h9,14H,3-8H2,1-2H3,(H,12,15)(H,13,16). The Morgan fingerprint density at radius 2 is 1.75 bits per heavy atom. The van der Waals surface area contributed by atoms with Gasteiger partial charge in [-0.05, 0) is 12.8 Å². The first-order valence-corrected chi connectivity index (χ1v) is 5.73. The lowest BCUT2D eigenvalue weighted by molar-refractivity contribution is -0.124. The quantitative estimate of drug-likeness (QED) is 0.515. The average molecular weight is 230 g/mol. The van der Waals surface area contributed by atoms with Gasteiger partial charge in [0.25, 0.3) is 0 Å². The molecule has 16 heavy (non-hydrogen) atoms. The molecule has 0 rings (SSSR count).